The number of hydrogen-bond donors (Lipinski definition) is 4. The topological polar surface area (TPSA) is 112 Å². The molecular formula is C28H36N4O3. The SMILES string of the molecule is CCN(CCc1ccc(O)cc1)C(=O)Cc1cccc(C[C@@H](C)NC[C@H](O)c2ccc(N)nc2)c1. The molecule has 0 saturated heterocycles. The summed E-state index contributed by atoms with van der Waals surface area (Å²) in [6.45, 7) is 5.79. The van der Waals surface area contributed by atoms with E-state index in [9.17, 15) is 15.0 Å². The van der Waals surface area contributed by atoms with E-state index in [0.717, 1.165) is 35.1 Å². The first-order valence-corrected chi connectivity index (χ1v) is 12.1. The maximum Gasteiger partial charge on any atom is 0.226 e. The lowest BCUT2D eigenvalue weighted by Crippen LogP contribution is -2.34. The lowest BCUT2D eigenvalue weighted by Gasteiger charge is -2.21. The van der Waals surface area contributed by atoms with Crippen molar-refractivity contribution in [2.24, 2.45) is 0 Å². The Labute approximate surface area is 207 Å². The van der Waals surface area contributed by atoms with Gasteiger partial charge in [0.1, 0.15) is 11.6 Å². The van der Waals surface area contributed by atoms with Crippen LogP contribution in [-0.4, -0.2) is 51.7 Å². The van der Waals surface area contributed by atoms with Crippen LogP contribution in [0.15, 0.2) is 66.9 Å². The summed E-state index contributed by atoms with van der Waals surface area (Å²) in [5.74, 6) is 0.784. The summed E-state index contributed by atoms with van der Waals surface area (Å²) in [6, 6.07) is 18.9. The smallest absolute Gasteiger partial charge is 0.226 e. The fourth-order valence-corrected chi connectivity index (χ4v) is 4.01. The molecule has 0 aliphatic carbocycles. The second-order valence-corrected chi connectivity index (χ2v) is 8.93. The number of nitrogen functional groups attached to an aromatic ring is 1. The maximum atomic E-state index is 12.9. The number of phenols is 1. The summed E-state index contributed by atoms with van der Waals surface area (Å²) in [6.07, 6.45) is 2.84. The average Bonchev–Trinajstić information content (AvgIpc) is 2.84. The Morgan fingerprint density at radius 2 is 1.83 bits per heavy atom. The number of aliphatic hydroxyl groups is 1. The second kappa shape index (κ2) is 12.9. The van der Waals surface area contributed by atoms with Gasteiger partial charge in [-0.1, -0.05) is 42.5 Å². The zero-order valence-electron chi connectivity index (χ0n) is 20.5. The molecule has 2 aromatic carbocycles. The van der Waals surface area contributed by atoms with Crippen molar-refractivity contribution < 1.29 is 15.0 Å². The molecule has 1 amide bonds. The number of amides is 1. The quantitative estimate of drug-likeness (QED) is 0.319. The van der Waals surface area contributed by atoms with Crippen LogP contribution in [0.2, 0.25) is 0 Å². The third kappa shape index (κ3) is 8.38. The van der Waals surface area contributed by atoms with E-state index < -0.39 is 6.10 Å². The van der Waals surface area contributed by atoms with Gasteiger partial charge < -0.3 is 26.2 Å². The number of phenolic OH excluding ortho intramolecular Hbond substituents is 1. The number of nitrogens with zero attached hydrogens (tertiary/aromatic N) is 2. The minimum Gasteiger partial charge on any atom is -0.508 e. The number of anilines is 1. The van der Waals surface area contributed by atoms with Crippen LogP contribution in [0.4, 0.5) is 5.82 Å². The molecule has 5 N–H and O–H groups in total. The van der Waals surface area contributed by atoms with Crippen LogP contribution < -0.4 is 11.1 Å². The molecule has 7 heteroatoms. The molecule has 0 bridgehead atoms. The number of rotatable bonds is 12. The summed E-state index contributed by atoms with van der Waals surface area (Å²) in [7, 11) is 0. The van der Waals surface area contributed by atoms with Gasteiger partial charge in [0.2, 0.25) is 5.91 Å². The number of carbonyl (C=O) groups excluding carboxylic acids is 1. The molecule has 2 atom stereocenters. The number of nitrogens with one attached hydrogen (secondary N) is 1. The highest BCUT2D eigenvalue weighted by Gasteiger charge is 2.14. The highest BCUT2D eigenvalue weighted by Crippen LogP contribution is 2.14. The third-order valence-corrected chi connectivity index (χ3v) is 6.08. The van der Waals surface area contributed by atoms with Gasteiger partial charge in [-0.15, -0.1) is 0 Å². The Hall–Kier alpha value is -3.42. The van der Waals surface area contributed by atoms with Crippen molar-refractivity contribution in [2.75, 3.05) is 25.4 Å². The van der Waals surface area contributed by atoms with Crippen molar-refractivity contribution in [3.05, 3.63) is 89.1 Å². The number of aromatic hydroxyl groups is 1. The minimum atomic E-state index is -0.656. The fraction of sp³-hybridized carbons (Fsp3) is 0.357. The standard InChI is InChI=1S/C28H36N4O3/c1-3-32(14-13-21-7-10-25(33)11-8-21)28(35)17-23-6-4-5-22(16-23)15-20(2)30-19-26(34)24-9-12-27(29)31-18-24/h4-12,16,18,20,26,30,33-34H,3,13-15,17,19H2,1-2H3,(H2,29,31)/t20-,26+/m1/s1. The lowest BCUT2D eigenvalue weighted by atomic mass is 10.0. The van der Waals surface area contributed by atoms with Crippen molar-refractivity contribution >= 4 is 11.7 Å². The number of carbonyl (C=O) groups is 1. The van der Waals surface area contributed by atoms with Crippen LogP contribution >= 0.6 is 0 Å². The lowest BCUT2D eigenvalue weighted by molar-refractivity contribution is -0.130. The molecule has 1 aromatic heterocycles. The monoisotopic (exact) mass is 476 g/mol. The fourth-order valence-electron chi connectivity index (χ4n) is 4.01. The van der Waals surface area contributed by atoms with Crippen LogP contribution in [0.5, 0.6) is 5.75 Å². The molecule has 35 heavy (non-hydrogen) atoms. The molecule has 0 spiro atoms. The minimum absolute atomic E-state index is 0.106. The van der Waals surface area contributed by atoms with E-state index in [1.54, 1.807) is 30.5 Å². The van der Waals surface area contributed by atoms with E-state index >= 15 is 0 Å². The second-order valence-electron chi connectivity index (χ2n) is 8.93. The highest BCUT2D eigenvalue weighted by atomic mass is 16.3. The Morgan fingerprint density at radius 1 is 1.09 bits per heavy atom. The van der Waals surface area contributed by atoms with Gasteiger partial charge in [0.15, 0.2) is 0 Å². The van der Waals surface area contributed by atoms with E-state index in [1.807, 2.05) is 36.1 Å². The van der Waals surface area contributed by atoms with E-state index in [2.05, 4.69) is 29.4 Å². The van der Waals surface area contributed by atoms with E-state index in [-0.39, 0.29) is 17.7 Å². The summed E-state index contributed by atoms with van der Waals surface area (Å²) >= 11 is 0. The van der Waals surface area contributed by atoms with E-state index in [4.69, 9.17) is 5.73 Å². The molecule has 0 aliphatic rings. The average molecular weight is 477 g/mol. The molecule has 1 heterocycles. The largest absolute Gasteiger partial charge is 0.508 e. The number of likely N-dealkylation sites (N-methyl/N-ethyl adjacent to an activating group) is 1. The van der Waals surface area contributed by atoms with Crippen LogP contribution in [0.3, 0.4) is 0 Å². The molecule has 0 saturated carbocycles. The first-order valence-electron chi connectivity index (χ1n) is 12.1. The Balaban J connectivity index is 1.49. The van der Waals surface area contributed by atoms with E-state index in [1.165, 1.54) is 0 Å². The molecule has 3 aromatic rings. The number of aromatic nitrogens is 1. The predicted molar refractivity (Wildman–Crippen MR) is 139 cm³/mol. The molecular weight excluding hydrogens is 440 g/mol. The van der Waals surface area contributed by atoms with Crippen LogP contribution in [0.25, 0.3) is 0 Å². The number of pyridine rings is 1. The van der Waals surface area contributed by atoms with Crippen molar-refractivity contribution in [2.45, 2.75) is 45.3 Å². The predicted octanol–water partition coefficient (Wildman–Crippen LogP) is 3.26. The first kappa shape index (κ1) is 26.2. The highest BCUT2D eigenvalue weighted by molar-refractivity contribution is 5.78. The number of benzene rings is 2. The van der Waals surface area contributed by atoms with Crippen molar-refractivity contribution in [3.8, 4) is 5.75 Å². The van der Waals surface area contributed by atoms with Gasteiger partial charge in [0.05, 0.1) is 12.5 Å². The first-order chi connectivity index (χ1) is 16.8. The van der Waals surface area contributed by atoms with Gasteiger partial charge in [0.25, 0.3) is 0 Å². The normalized spacial score (nSPS) is 12.8. The maximum absolute atomic E-state index is 12.9. The van der Waals surface area contributed by atoms with Crippen LogP contribution in [-0.2, 0) is 24.1 Å². The Morgan fingerprint density at radius 3 is 2.51 bits per heavy atom. The third-order valence-electron chi connectivity index (χ3n) is 6.08. The summed E-state index contributed by atoms with van der Waals surface area (Å²) in [5.41, 5.74) is 9.57. The number of nitrogens with two attached hydrogens (primary N) is 1. The van der Waals surface area contributed by atoms with Gasteiger partial charge in [-0.2, -0.15) is 0 Å². The van der Waals surface area contributed by atoms with Crippen molar-refractivity contribution in [1.29, 1.82) is 0 Å². The van der Waals surface area contributed by atoms with Crippen LogP contribution in [0, 0.1) is 0 Å². The number of aliphatic hydroxyl groups excluding tert-OH is 1. The van der Waals surface area contributed by atoms with Gasteiger partial charge >= 0.3 is 0 Å². The van der Waals surface area contributed by atoms with Gasteiger partial charge in [-0.3, -0.25) is 4.79 Å². The summed E-state index contributed by atoms with van der Waals surface area (Å²) < 4.78 is 0. The molecule has 0 unspecified atom stereocenters. The van der Waals surface area contributed by atoms with Gasteiger partial charge in [-0.25, -0.2) is 4.98 Å². The van der Waals surface area contributed by atoms with Crippen molar-refractivity contribution in [1.82, 2.24) is 15.2 Å². The zero-order valence-corrected chi connectivity index (χ0v) is 20.5. The molecule has 7 nitrogen and oxygen atoms in total. The zero-order chi connectivity index (χ0) is 25.2. The van der Waals surface area contributed by atoms with Crippen molar-refractivity contribution in [3.63, 3.8) is 0 Å². The molecule has 0 aliphatic heterocycles. The van der Waals surface area contributed by atoms with Crippen LogP contribution in [0.1, 0.15) is 42.2 Å². The molecule has 3 rings (SSSR count). The molecule has 0 radical (unpaired) electrons. The Kier molecular flexibility index (Phi) is 9.64. The molecule has 186 valence electrons. The summed E-state index contributed by atoms with van der Waals surface area (Å²) in [5, 5.41) is 23.2. The Bertz CT molecular complexity index is 1070. The van der Waals surface area contributed by atoms with Gasteiger partial charge in [-0.05, 0) is 61.6 Å². The van der Waals surface area contributed by atoms with E-state index in [0.29, 0.717) is 31.9 Å². The molecule has 0 fully saturated rings. The summed E-state index contributed by atoms with van der Waals surface area (Å²) in [4.78, 5) is 18.8. The van der Waals surface area contributed by atoms with Gasteiger partial charge in [0, 0.05) is 37.4 Å². The number of hydrogen-bond acceptors (Lipinski definition) is 6.